The summed E-state index contributed by atoms with van der Waals surface area (Å²) in [5.41, 5.74) is 2.57. The summed E-state index contributed by atoms with van der Waals surface area (Å²) >= 11 is 0. The van der Waals surface area contributed by atoms with Gasteiger partial charge in [-0.05, 0) is 55.8 Å². The van der Waals surface area contributed by atoms with Crippen molar-refractivity contribution < 1.29 is 24.1 Å². The van der Waals surface area contributed by atoms with Gasteiger partial charge in [0.25, 0.3) is 5.56 Å². The Bertz CT molecular complexity index is 1760. The molecule has 0 aliphatic rings. The van der Waals surface area contributed by atoms with E-state index in [2.05, 4.69) is 4.98 Å². The van der Waals surface area contributed by atoms with Crippen LogP contribution in [-0.2, 0) is 13.5 Å². The lowest BCUT2D eigenvalue weighted by atomic mass is 10.0. The van der Waals surface area contributed by atoms with Crippen LogP contribution in [0.5, 0.6) is 23.0 Å². The van der Waals surface area contributed by atoms with E-state index in [1.807, 2.05) is 42.5 Å². The van der Waals surface area contributed by atoms with E-state index in [0.29, 0.717) is 39.9 Å². The largest absolute Gasteiger partial charge is 0.493 e. The predicted molar refractivity (Wildman–Crippen MR) is 156 cm³/mol. The van der Waals surface area contributed by atoms with E-state index >= 15 is 0 Å². The summed E-state index contributed by atoms with van der Waals surface area (Å²) in [6.07, 6.45) is 1.10. The van der Waals surface area contributed by atoms with Gasteiger partial charge in [0.2, 0.25) is 0 Å². The summed E-state index contributed by atoms with van der Waals surface area (Å²) in [6, 6.07) is 21.7. The number of rotatable bonds is 10. The first kappa shape index (κ1) is 27.7. The Kier molecular flexibility index (Phi) is 7.89. The number of Topliss-reactive ketones (excluding diaryl/α,β-unsaturated/α-hetero) is 1. The molecule has 5 rings (SSSR count). The van der Waals surface area contributed by atoms with Crippen LogP contribution in [-0.4, -0.2) is 45.1 Å². The van der Waals surface area contributed by atoms with Crippen molar-refractivity contribution >= 4 is 16.7 Å². The standard InChI is InChI=1S/C32H31N3O6/c1-20(36)19-40-30-18-26-25(17-29(30)39-4)28(14-15-33-26)41-24-12-10-22(11-13-24)16-27(37)31-21(2)34(3)35(32(31)38)23-8-6-5-7-9-23/h5-15,17-18,20,36H,16,19H2,1-4H3/t20-/m0/s1. The number of carbonyl (C=O) groups excluding carboxylic acids is 1. The summed E-state index contributed by atoms with van der Waals surface area (Å²) < 4.78 is 20.5. The fourth-order valence-corrected chi connectivity index (χ4v) is 4.67. The third kappa shape index (κ3) is 5.71. The molecule has 0 unspecified atom stereocenters. The van der Waals surface area contributed by atoms with E-state index in [1.165, 1.54) is 4.68 Å². The maximum atomic E-state index is 13.2. The second-order valence-corrected chi connectivity index (χ2v) is 9.77. The van der Waals surface area contributed by atoms with Gasteiger partial charge in [-0.1, -0.05) is 30.3 Å². The second kappa shape index (κ2) is 11.7. The maximum absolute atomic E-state index is 13.2. The maximum Gasteiger partial charge on any atom is 0.282 e. The summed E-state index contributed by atoms with van der Waals surface area (Å²) in [5, 5.41) is 10.3. The van der Waals surface area contributed by atoms with Crippen LogP contribution in [0.15, 0.2) is 83.8 Å². The Labute approximate surface area is 237 Å². The molecule has 0 radical (unpaired) electrons. The average molecular weight is 554 g/mol. The lowest BCUT2D eigenvalue weighted by molar-refractivity contribution is 0.0991. The lowest BCUT2D eigenvalue weighted by Gasteiger charge is -2.14. The highest BCUT2D eigenvalue weighted by atomic mass is 16.5. The van der Waals surface area contributed by atoms with Crippen molar-refractivity contribution in [1.29, 1.82) is 0 Å². The molecule has 210 valence electrons. The molecule has 0 amide bonds. The van der Waals surface area contributed by atoms with Gasteiger partial charge in [-0.15, -0.1) is 0 Å². The van der Waals surface area contributed by atoms with Crippen LogP contribution in [0.4, 0.5) is 0 Å². The quantitative estimate of drug-likeness (QED) is 0.242. The van der Waals surface area contributed by atoms with Gasteiger partial charge in [0.15, 0.2) is 17.3 Å². The van der Waals surface area contributed by atoms with Crippen molar-refractivity contribution in [1.82, 2.24) is 14.3 Å². The molecule has 0 aliphatic carbocycles. The van der Waals surface area contributed by atoms with Crippen LogP contribution < -0.4 is 19.8 Å². The molecular formula is C32H31N3O6. The van der Waals surface area contributed by atoms with Gasteiger partial charge in [0.05, 0.1) is 24.4 Å². The van der Waals surface area contributed by atoms with Crippen molar-refractivity contribution in [2.45, 2.75) is 26.4 Å². The van der Waals surface area contributed by atoms with Crippen molar-refractivity contribution in [3.8, 4) is 28.7 Å². The van der Waals surface area contributed by atoms with Crippen molar-refractivity contribution in [2.75, 3.05) is 13.7 Å². The monoisotopic (exact) mass is 553 g/mol. The van der Waals surface area contributed by atoms with Gasteiger partial charge >= 0.3 is 0 Å². The Hall–Kier alpha value is -4.89. The first-order valence-corrected chi connectivity index (χ1v) is 13.2. The number of aliphatic hydroxyl groups excluding tert-OH is 1. The highest BCUT2D eigenvalue weighted by Crippen LogP contribution is 2.37. The number of pyridine rings is 1. The average Bonchev–Trinajstić information content (AvgIpc) is 3.20. The second-order valence-electron chi connectivity index (χ2n) is 9.77. The zero-order chi connectivity index (χ0) is 29.1. The summed E-state index contributed by atoms with van der Waals surface area (Å²) in [5.74, 6) is 1.87. The minimum Gasteiger partial charge on any atom is -0.493 e. The lowest BCUT2D eigenvalue weighted by Crippen LogP contribution is -2.23. The van der Waals surface area contributed by atoms with E-state index in [-0.39, 0.29) is 29.9 Å². The Morgan fingerprint density at radius 3 is 2.41 bits per heavy atom. The molecule has 0 fully saturated rings. The molecule has 2 aromatic heterocycles. The van der Waals surface area contributed by atoms with E-state index < -0.39 is 6.10 Å². The van der Waals surface area contributed by atoms with Crippen LogP contribution in [0.1, 0.15) is 28.5 Å². The molecule has 9 nitrogen and oxygen atoms in total. The molecule has 0 bridgehead atoms. The molecule has 0 saturated carbocycles. The normalized spacial score (nSPS) is 11.8. The van der Waals surface area contributed by atoms with Crippen molar-refractivity contribution in [3.05, 3.63) is 106 Å². The minimum absolute atomic E-state index is 0.0831. The zero-order valence-electron chi connectivity index (χ0n) is 23.3. The van der Waals surface area contributed by atoms with Crippen LogP contribution in [0.2, 0.25) is 0 Å². The molecular weight excluding hydrogens is 522 g/mol. The zero-order valence-corrected chi connectivity index (χ0v) is 23.3. The van der Waals surface area contributed by atoms with Crippen LogP contribution in [0.25, 0.3) is 16.6 Å². The van der Waals surface area contributed by atoms with E-state index in [9.17, 15) is 14.7 Å². The molecule has 5 aromatic rings. The number of aliphatic hydroxyl groups is 1. The number of carbonyl (C=O) groups is 1. The van der Waals surface area contributed by atoms with Crippen molar-refractivity contribution in [2.24, 2.45) is 7.05 Å². The highest BCUT2D eigenvalue weighted by molar-refractivity contribution is 5.98. The molecule has 1 N–H and O–H groups in total. The highest BCUT2D eigenvalue weighted by Gasteiger charge is 2.22. The number of nitrogens with zero attached hydrogens (tertiary/aromatic N) is 3. The van der Waals surface area contributed by atoms with Crippen LogP contribution in [0.3, 0.4) is 0 Å². The van der Waals surface area contributed by atoms with Crippen molar-refractivity contribution in [3.63, 3.8) is 0 Å². The van der Waals surface area contributed by atoms with Gasteiger partial charge in [-0.25, -0.2) is 4.68 Å². The predicted octanol–water partition coefficient (Wildman–Crippen LogP) is 5.02. The number of ketones is 1. The fraction of sp³-hybridized carbons (Fsp3) is 0.219. The topological polar surface area (TPSA) is 105 Å². The Morgan fingerprint density at radius 2 is 1.73 bits per heavy atom. The fourth-order valence-electron chi connectivity index (χ4n) is 4.67. The SMILES string of the molecule is COc1cc2c(Oc3ccc(CC(=O)c4c(C)n(C)n(-c5ccccc5)c4=O)cc3)ccnc2cc1OC[C@H](C)O. The first-order chi connectivity index (χ1) is 19.8. The molecule has 9 heteroatoms. The summed E-state index contributed by atoms with van der Waals surface area (Å²) in [4.78, 5) is 30.9. The number of ether oxygens (including phenoxy) is 3. The number of hydrogen-bond donors (Lipinski definition) is 1. The van der Waals surface area contributed by atoms with Gasteiger partial charge in [0.1, 0.15) is 23.7 Å². The van der Waals surface area contributed by atoms with Gasteiger partial charge in [0, 0.05) is 36.8 Å². The number of benzene rings is 3. The van der Waals surface area contributed by atoms with E-state index in [1.54, 1.807) is 69.2 Å². The molecule has 0 aliphatic heterocycles. The molecule has 0 spiro atoms. The third-order valence-electron chi connectivity index (χ3n) is 6.82. The van der Waals surface area contributed by atoms with E-state index in [4.69, 9.17) is 14.2 Å². The van der Waals surface area contributed by atoms with E-state index in [0.717, 1.165) is 10.9 Å². The van der Waals surface area contributed by atoms with Gasteiger partial charge in [-0.2, -0.15) is 0 Å². The Morgan fingerprint density at radius 1 is 1.00 bits per heavy atom. The number of para-hydroxylation sites is 1. The van der Waals surface area contributed by atoms with Crippen LogP contribution in [0, 0.1) is 6.92 Å². The third-order valence-corrected chi connectivity index (χ3v) is 6.82. The molecule has 2 heterocycles. The first-order valence-electron chi connectivity index (χ1n) is 13.2. The van der Waals surface area contributed by atoms with Gasteiger partial charge < -0.3 is 19.3 Å². The minimum atomic E-state index is -0.624. The summed E-state index contributed by atoms with van der Waals surface area (Å²) in [7, 11) is 3.32. The number of methoxy groups -OCH3 is 1. The summed E-state index contributed by atoms with van der Waals surface area (Å²) in [6.45, 7) is 3.55. The molecule has 0 saturated heterocycles. The number of aromatic nitrogens is 3. The van der Waals surface area contributed by atoms with Gasteiger partial charge in [-0.3, -0.25) is 19.3 Å². The molecule has 41 heavy (non-hydrogen) atoms. The molecule has 3 aromatic carbocycles. The number of fused-ring (bicyclic) bond motifs is 1. The smallest absolute Gasteiger partial charge is 0.282 e. The molecule has 1 atom stereocenters. The number of hydrogen-bond acceptors (Lipinski definition) is 7. The Balaban J connectivity index is 1.35. The van der Waals surface area contributed by atoms with Crippen LogP contribution >= 0.6 is 0 Å².